The van der Waals surface area contributed by atoms with Crippen LogP contribution in [-0.2, 0) is 14.4 Å². The normalized spacial score (nSPS) is 10.6. The minimum Gasteiger partial charge on any atom is -0.356 e. The van der Waals surface area contributed by atoms with Gasteiger partial charge in [0, 0.05) is 36.4 Å². The van der Waals surface area contributed by atoms with Gasteiger partial charge in [-0.15, -0.1) is 0 Å². The smallest absolute Gasteiger partial charge is 0.222 e. The fraction of sp³-hybridized carbons (Fsp3) is 0.870. The van der Waals surface area contributed by atoms with Gasteiger partial charge >= 0.3 is 0 Å². The zero-order valence-electron chi connectivity index (χ0n) is 21.0. The van der Waals surface area contributed by atoms with Gasteiger partial charge in [-0.05, 0) is 33.6 Å². The van der Waals surface area contributed by atoms with Crippen LogP contribution < -0.4 is 16.0 Å². The molecule has 3 N–H and O–H groups in total. The van der Waals surface area contributed by atoms with Crippen molar-refractivity contribution in [2.24, 2.45) is 17.8 Å². The van der Waals surface area contributed by atoms with E-state index >= 15 is 0 Å². The molecule has 0 saturated heterocycles. The first-order chi connectivity index (χ1) is 13.2. The first-order valence-electron chi connectivity index (χ1n) is 11.1. The third-order valence-corrected chi connectivity index (χ3v) is 3.45. The van der Waals surface area contributed by atoms with Gasteiger partial charge in [0.15, 0.2) is 0 Å². The SMILES string of the molecule is CC(C)C(=O)NC(C)(C)C.CCCCNC(=O)C(C)C.CCCNC(=O)C(C)C. The number of carbonyl (C=O) groups is 3. The van der Waals surface area contributed by atoms with E-state index < -0.39 is 0 Å². The van der Waals surface area contributed by atoms with E-state index in [-0.39, 0.29) is 41.0 Å². The van der Waals surface area contributed by atoms with Gasteiger partial charge < -0.3 is 16.0 Å². The molecule has 0 heterocycles. The lowest BCUT2D eigenvalue weighted by Crippen LogP contribution is -2.42. The van der Waals surface area contributed by atoms with Crippen molar-refractivity contribution >= 4 is 17.7 Å². The van der Waals surface area contributed by atoms with E-state index in [1.165, 1.54) is 0 Å². The topological polar surface area (TPSA) is 87.3 Å². The number of hydrogen-bond donors (Lipinski definition) is 3. The van der Waals surface area contributed by atoms with Crippen molar-refractivity contribution in [2.45, 2.75) is 101 Å². The number of hydrogen-bond acceptors (Lipinski definition) is 3. The molecule has 0 aromatic heterocycles. The number of unbranched alkanes of at least 4 members (excludes halogenated alkanes) is 1. The summed E-state index contributed by atoms with van der Waals surface area (Å²) in [5.74, 6) is 0.755. The molecular weight excluding hydrogens is 366 g/mol. The van der Waals surface area contributed by atoms with Crippen molar-refractivity contribution in [2.75, 3.05) is 13.1 Å². The van der Waals surface area contributed by atoms with Gasteiger partial charge in [0.25, 0.3) is 0 Å². The summed E-state index contributed by atoms with van der Waals surface area (Å²) >= 11 is 0. The fourth-order valence-corrected chi connectivity index (χ4v) is 1.56. The maximum absolute atomic E-state index is 11.0. The summed E-state index contributed by atoms with van der Waals surface area (Å²) in [5.41, 5.74) is -0.0959. The molecule has 0 spiro atoms. The molecule has 3 amide bonds. The van der Waals surface area contributed by atoms with Gasteiger partial charge in [0.05, 0.1) is 0 Å². The Morgan fingerprint density at radius 1 is 0.655 bits per heavy atom. The molecule has 0 bridgehead atoms. The molecule has 0 aromatic rings. The first-order valence-corrected chi connectivity index (χ1v) is 11.1. The van der Waals surface area contributed by atoms with Crippen LogP contribution in [0.3, 0.4) is 0 Å². The van der Waals surface area contributed by atoms with E-state index in [9.17, 15) is 14.4 Å². The van der Waals surface area contributed by atoms with Crippen molar-refractivity contribution in [1.29, 1.82) is 0 Å². The van der Waals surface area contributed by atoms with Crippen molar-refractivity contribution < 1.29 is 14.4 Å². The molecule has 6 heteroatoms. The summed E-state index contributed by atoms with van der Waals surface area (Å²) in [5, 5.41) is 8.52. The van der Waals surface area contributed by atoms with Crippen LogP contribution in [0.15, 0.2) is 0 Å². The zero-order valence-corrected chi connectivity index (χ0v) is 21.0. The summed E-state index contributed by atoms with van der Waals surface area (Å²) in [6.07, 6.45) is 3.23. The monoisotopic (exact) mass is 415 g/mol. The van der Waals surface area contributed by atoms with Gasteiger partial charge in [-0.1, -0.05) is 61.8 Å². The Hall–Kier alpha value is -1.59. The number of nitrogens with one attached hydrogen (secondary N) is 3. The van der Waals surface area contributed by atoms with Crippen LogP contribution in [0.5, 0.6) is 0 Å². The summed E-state index contributed by atoms with van der Waals surface area (Å²) in [6.45, 7) is 23.1. The quantitative estimate of drug-likeness (QED) is 0.517. The lowest BCUT2D eigenvalue weighted by Gasteiger charge is -2.21. The highest BCUT2D eigenvalue weighted by molar-refractivity contribution is 5.78. The number of amides is 3. The average Bonchev–Trinajstić information content (AvgIpc) is 2.59. The molecule has 29 heavy (non-hydrogen) atoms. The van der Waals surface area contributed by atoms with Crippen molar-refractivity contribution in [3.05, 3.63) is 0 Å². The summed E-state index contributed by atoms with van der Waals surface area (Å²) < 4.78 is 0. The highest BCUT2D eigenvalue weighted by Crippen LogP contribution is 2.01. The largest absolute Gasteiger partial charge is 0.356 e. The molecule has 0 aliphatic heterocycles. The summed E-state index contributed by atoms with van der Waals surface area (Å²) in [6, 6.07) is 0. The molecule has 0 rings (SSSR count). The second-order valence-electron chi connectivity index (χ2n) is 9.14. The van der Waals surface area contributed by atoms with Crippen molar-refractivity contribution in [3.63, 3.8) is 0 Å². The zero-order chi connectivity index (χ0) is 23.6. The van der Waals surface area contributed by atoms with E-state index in [1.54, 1.807) is 0 Å². The molecule has 0 atom stereocenters. The minimum atomic E-state index is -0.0959. The number of rotatable bonds is 8. The molecule has 0 aromatic carbocycles. The highest BCUT2D eigenvalue weighted by atomic mass is 16.2. The van der Waals surface area contributed by atoms with Gasteiger partial charge in [0.2, 0.25) is 17.7 Å². The summed E-state index contributed by atoms with van der Waals surface area (Å²) in [7, 11) is 0. The summed E-state index contributed by atoms with van der Waals surface area (Å²) in [4.78, 5) is 32.7. The Kier molecular flexibility index (Phi) is 20.4. The molecule has 6 nitrogen and oxygen atoms in total. The van der Waals surface area contributed by atoms with Crippen LogP contribution in [0.1, 0.15) is 95.4 Å². The van der Waals surface area contributed by atoms with Crippen LogP contribution in [0, 0.1) is 17.8 Å². The molecule has 0 unspecified atom stereocenters. The van der Waals surface area contributed by atoms with E-state index in [4.69, 9.17) is 0 Å². The molecule has 0 saturated carbocycles. The Morgan fingerprint density at radius 3 is 1.28 bits per heavy atom. The van der Waals surface area contributed by atoms with Crippen LogP contribution in [0.2, 0.25) is 0 Å². The minimum absolute atomic E-state index is 0.0826. The Bertz CT molecular complexity index is 439. The Labute approximate surface area is 180 Å². The van der Waals surface area contributed by atoms with Crippen molar-refractivity contribution in [3.8, 4) is 0 Å². The first kappa shape index (κ1) is 32.1. The average molecular weight is 416 g/mol. The van der Waals surface area contributed by atoms with Crippen LogP contribution >= 0.6 is 0 Å². The predicted octanol–water partition coefficient (Wildman–Crippen LogP) is 4.28. The molecule has 174 valence electrons. The Morgan fingerprint density at radius 2 is 1.03 bits per heavy atom. The Balaban J connectivity index is -0.000000350. The molecular formula is C23H49N3O3. The lowest BCUT2D eigenvalue weighted by atomic mass is 10.1. The van der Waals surface area contributed by atoms with E-state index in [2.05, 4.69) is 22.9 Å². The lowest BCUT2D eigenvalue weighted by molar-refractivity contribution is -0.125. The van der Waals surface area contributed by atoms with Gasteiger partial charge in [-0.3, -0.25) is 14.4 Å². The van der Waals surface area contributed by atoms with Gasteiger partial charge in [0.1, 0.15) is 0 Å². The standard InChI is InChI=1S/2C8H17NO.C7H15NO/c1-6(2)7(10)9-8(3,4)5;1-4-5-6-9-8(10)7(2)3;1-4-5-8-7(9)6(2)3/h6H,1-5H3,(H,9,10);7H,4-6H2,1-3H3,(H,9,10);6H,4-5H2,1-3H3,(H,8,9). The second kappa shape index (κ2) is 18.4. The van der Waals surface area contributed by atoms with Gasteiger partial charge in [-0.25, -0.2) is 0 Å². The van der Waals surface area contributed by atoms with Crippen LogP contribution in [-0.4, -0.2) is 36.3 Å². The maximum Gasteiger partial charge on any atom is 0.222 e. The fourth-order valence-electron chi connectivity index (χ4n) is 1.56. The maximum atomic E-state index is 11.0. The highest BCUT2D eigenvalue weighted by Gasteiger charge is 2.15. The van der Waals surface area contributed by atoms with Crippen molar-refractivity contribution in [1.82, 2.24) is 16.0 Å². The van der Waals surface area contributed by atoms with E-state index in [0.29, 0.717) is 0 Å². The molecule has 0 fully saturated rings. The third-order valence-electron chi connectivity index (χ3n) is 3.45. The molecule has 0 radical (unpaired) electrons. The van der Waals surface area contributed by atoms with Crippen LogP contribution in [0.25, 0.3) is 0 Å². The predicted molar refractivity (Wildman–Crippen MR) is 124 cm³/mol. The molecule has 0 aliphatic carbocycles. The number of carbonyl (C=O) groups excluding carboxylic acids is 3. The van der Waals surface area contributed by atoms with Crippen LogP contribution in [0.4, 0.5) is 0 Å². The van der Waals surface area contributed by atoms with E-state index in [0.717, 1.165) is 32.4 Å². The molecule has 0 aliphatic rings. The third kappa shape index (κ3) is 26.4. The van der Waals surface area contributed by atoms with Gasteiger partial charge in [-0.2, -0.15) is 0 Å². The second-order valence-corrected chi connectivity index (χ2v) is 9.14. The van der Waals surface area contributed by atoms with E-state index in [1.807, 2.05) is 69.2 Å².